The summed E-state index contributed by atoms with van der Waals surface area (Å²) in [4.78, 5) is 4.15. The molecule has 2 nitrogen and oxygen atoms in total. The lowest BCUT2D eigenvalue weighted by atomic mass is 9.96. The first-order chi connectivity index (χ1) is 5.66. The Morgan fingerprint density at radius 2 is 2.25 bits per heavy atom. The molecule has 2 rings (SSSR count). The zero-order valence-electron chi connectivity index (χ0n) is 6.04. The maximum Gasteiger partial charge on any atom is 0.181 e. The third-order valence-electron chi connectivity index (χ3n) is 1.50. The van der Waals surface area contributed by atoms with Gasteiger partial charge in [0.2, 0.25) is 0 Å². The molecule has 0 spiro atoms. The fourth-order valence-electron chi connectivity index (χ4n) is 1.04. The predicted octanol–water partition coefficient (Wildman–Crippen LogP) is 1.28. The van der Waals surface area contributed by atoms with E-state index in [0.717, 1.165) is 19.2 Å². The van der Waals surface area contributed by atoms with E-state index in [1.807, 2.05) is 12.1 Å². The van der Waals surface area contributed by atoms with Crippen LogP contribution >= 0.6 is 33.9 Å². The number of nitrogens with zero attached hydrogens (tertiary/aromatic N) is 1. The van der Waals surface area contributed by atoms with Gasteiger partial charge in [-0.15, -0.1) is 0 Å². The van der Waals surface area contributed by atoms with Crippen molar-refractivity contribution >= 4 is 62.6 Å². The SMILES string of the molecule is [B]c1cc(I)cc2nc(N)sc12. The van der Waals surface area contributed by atoms with Crippen LogP contribution in [0.1, 0.15) is 0 Å². The van der Waals surface area contributed by atoms with Gasteiger partial charge in [-0.25, -0.2) is 4.98 Å². The Hall–Kier alpha value is -0.295. The normalized spacial score (nSPS) is 10.8. The van der Waals surface area contributed by atoms with Gasteiger partial charge in [0.05, 0.1) is 5.52 Å². The Balaban J connectivity index is 2.88. The molecule has 1 heterocycles. The molecule has 0 aliphatic rings. The Labute approximate surface area is 88.7 Å². The van der Waals surface area contributed by atoms with E-state index in [2.05, 4.69) is 27.6 Å². The highest BCUT2D eigenvalue weighted by molar-refractivity contribution is 14.1. The smallest absolute Gasteiger partial charge is 0.181 e. The molecule has 0 amide bonds. The summed E-state index contributed by atoms with van der Waals surface area (Å²) in [5.74, 6) is 0. The first kappa shape index (κ1) is 8.31. The third kappa shape index (κ3) is 1.31. The van der Waals surface area contributed by atoms with Crippen LogP contribution in [0, 0.1) is 3.57 Å². The average Bonchev–Trinajstić information content (AvgIpc) is 2.29. The number of thiazole rings is 1. The number of halogens is 1. The van der Waals surface area contributed by atoms with Crippen LogP contribution in [0.4, 0.5) is 5.13 Å². The van der Waals surface area contributed by atoms with Crippen molar-refractivity contribution in [2.75, 3.05) is 5.73 Å². The number of nitrogen functional groups attached to an aromatic ring is 1. The van der Waals surface area contributed by atoms with Crippen molar-refractivity contribution in [3.63, 3.8) is 0 Å². The zero-order valence-corrected chi connectivity index (χ0v) is 9.02. The van der Waals surface area contributed by atoms with E-state index in [9.17, 15) is 0 Å². The molecule has 0 bridgehead atoms. The Kier molecular flexibility index (Phi) is 2.00. The fourth-order valence-corrected chi connectivity index (χ4v) is 2.41. The van der Waals surface area contributed by atoms with E-state index >= 15 is 0 Å². The molecule has 58 valence electrons. The highest BCUT2D eigenvalue weighted by Gasteiger charge is 2.03. The van der Waals surface area contributed by atoms with Gasteiger partial charge >= 0.3 is 0 Å². The summed E-state index contributed by atoms with van der Waals surface area (Å²) in [5.41, 5.74) is 7.21. The minimum Gasteiger partial charge on any atom is -0.375 e. The molecule has 1 aromatic carbocycles. The first-order valence-electron chi connectivity index (χ1n) is 3.28. The van der Waals surface area contributed by atoms with E-state index in [-0.39, 0.29) is 0 Å². The van der Waals surface area contributed by atoms with Gasteiger partial charge in [0.1, 0.15) is 7.85 Å². The van der Waals surface area contributed by atoms with Crippen LogP contribution in [-0.4, -0.2) is 12.8 Å². The van der Waals surface area contributed by atoms with Crippen molar-refractivity contribution in [1.29, 1.82) is 0 Å². The van der Waals surface area contributed by atoms with Crippen LogP contribution in [0.15, 0.2) is 12.1 Å². The standard InChI is InChI=1S/C7H4BIN2S/c8-4-1-3(9)2-5-6(4)12-7(10)11-5/h1-2H,(H2,10,11). The van der Waals surface area contributed by atoms with Crippen molar-refractivity contribution in [2.24, 2.45) is 0 Å². The molecular formula is C7H4BIN2S. The number of rotatable bonds is 0. The molecule has 0 atom stereocenters. The van der Waals surface area contributed by atoms with Crippen LogP contribution in [0.3, 0.4) is 0 Å². The molecule has 5 heteroatoms. The Morgan fingerprint density at radius 3 is 3.00 bits per heavy atom. The minimum absolute atomic E-state index is 0.568. The van der Waals surface area contributed by atoms with Crippen molar-refractivity contribution in [2.45, 2.75) is 0 Å². The van der Waals surface area contributed by atoms with Crippen LogP contribution in [-0.2, 0) is 0 Å². The molecule has 0 unspecified atom stereocenters. The maximum absolute atomic E-state index is 5.78. The van der Waals surface area contributed by atoms with Gasteiger partial charge in [-0.2, -0.15) is 0 Å². The topological polar surface area (TPSA) is 38.9 Å². The molecule has 2 radical (unpaired) electrons. The third-order valence-corrected chi connectivity index (χ3v) is 3.07. The number of benzene rings is 1. The van der Waals surface area contributed by atoms with Crippen LogP contribution in [0.2, 0.25) is 0 Å². The highest BCUT2D eigenvalue weighted by Crippen LogP contribution is 2.22. The van der Waals surface area contributed by atoms with E-state index in [1.54, 1.807) is 0 Å². The Morgan fingerprint density at radius 1 is 1.50 bits per heavy atom. The lowest BCUT2D eigenvalue weighted by Crippen LogP contribution is -2.02. The number of anilines is 1. The van der Waals surface area contributed by atoms with E-state index < -0.39 is 0 Å². The van der Waals surface area contributed by atoms with Gasteiger partial charge in [0.15, 0.2) is 5.13 Å². The number of hydrogen-bond acceptors (Lipinski definition) is 3. The average molecular weight is 286 g/mol. The van der Waals surface area contributed by atoms with Crippen LogP contribution in [0.25, 0.3) is 10.2 Å². The molecule has 2 N–H and O–H groups in total. The molecular weight excluding hydrogens is 282 g/mol. The lowest BCUT2D eigenvalue weighted by Gasteiger charge is -1.94. The fraction of sp³-hybridized carbons (Fsp3) is 0. The first-order valence-corrected chi connectivity index (χ1v) is 5.17. The Bertz CT molecular complexity index is 440. The summed E-state index contributed by atoms with van der Waals surface area (Å²) in [5, 5.41) is 0.568. The van der Waals surface area contributed by atoms with Crippen LogP contribution < -0.4 is 11.2 Å². The lowest BCUT2D eigenvalue weighted by molar-refractivity contribution is 1.49. The van der Waals surface area contributed by atoms with E-state index in [1.165, 1.54) is 11.3 Å². The van der Waals surface area contributed by atoms with Gasteiger partial charge < -0.3 is 5.73 Å². The van der Waals surface area contributed by atoms with E-state index in [0.29, 0.717) is 5.13 Å². The summed E-state index contributed by atoms with van der Waals surface area (Å²) >= 11 is 3.63. The highest BCUT2D eigenvalue weighted by atomic mass is 127. The molecule has 0 saturated heterocycles. The molecule has 0 aliphatic carbocycles. The summed E-state index contributed by atoms with van der Waals surface area (Å²) in [6.07, 6.45) is 0. The molecule has 12 heavy (non-hydrogen) atoms. The number of fused-ring (bicyclic) bond motifs is 1. The largest absolute Gasteiger partial charge is 0.375 e. The summed E-state index contributed by atoms with van der Waals surface area (Å²) in [6, 6.07) is 3.89. The van der Waals surface area contributed by atoms with E-state index in [4.69, 9.17) is 13.6 Å². The second-order valence-corrected chi connectivity index (χ2v) is 4.67. The van der Waals surface area contributed by atoms with Crippen LogP contribution in [0.5, 0.6) is 0 Å². The molecule has 0 aliphatic heterocycles. The quantitative estimate of drug-likeness (QED) is 0.585. The van der Waals surface area contributed by atoms with Gasteiger partial charge in [-0.3, -0.25) is 0 Å². The number of nitrogens with two attached hydrogens (primary N) is 1. The van der Waals surface area contributed by atoms with Crippen molar-refractivity contribution < 1.29 is 0 Å². The molecule has 0 saturated carbocycles. The molecule has 0 fully saturated rings. The van der Waals surface area contributed by atoms with Crippen molar-refractivity contribution in [1.82, 2.24) is 4.98 Å². The van der Waals surface area contributed by atoms with Gasteiger partial charge in [-0.05, 0) is 28.7 Å². The van der Waals surface area contributed by atoms with Crippen molar-refractivity contribution in [3.05, 3.63) is 15.7 Å². The summed E-state index contributed by atoms with van der Waals surface area (Å²) in [6.45, 7) is 0. The minimum atomic E-state index is 0.568. The summed E-state index contributed by atoms with van der Waals surface area (Å²) < 4.78 is 2.07. The maximum atomic E-state index is 5.78. The molecule has 2 aromatic rings. The predicted molar refractivity (Wildman–Crippen MR) is 62.1 cm³/mol. The number of hydrogen-bond donors (Lipinski definition) is 1. The van der Waals surface area contributed by atoms with Gasteiger partial charge in [0, 0.05) is 8.27 Å². The van der Waals surface area contributed by atoms with Gasteiger partial charge in [-0.1, -0.05) is 22.9 Å². The van der Waals surface area contributed by atoms with Crippen molar-refractivity contribution in [3.8, 4) is 0 Å². The molecule has 1 aromatic heterocycles. The monoisotopic (exact) mass is 286 g/mol. The number of aromatic nitrogens is 1. The van der Waals surface area contributed by atoms with Gasteiger partial charge in [0.25, 0.3) is 0 Å². The second-order valence-electron chi connectivity index (χ2n) is 2.40. The second kappa shape index (κ2) is 2.88. The zero-order chi connectivity index (χ0) is 8.72. The summed E-state index contributed by atoms with van der Waals surface area (Å²) in [7, 11) is 5.78.